The summed E-state index contributed by atoms with van der Waals surface area (Å²) in [5.41, 5.74) is 3.09. The van der Waals surface area contributed by atoms with E-state index in [0.29, 0.717) is 6.54 Å². The van der Waals surface area contributed by atoms with Gasteiger partial charge >= 0.3 is 0 Å². The van der Waals surface area contributed by atoms with Gasteiger partial charge in [0.2, 0.25) is 0 Å². The van der Waals surface area contributed by atoms with Gasteiger partial charge in [-0.3, -0.25) is 4.90 Å². The first-order valence-corrected chi connectivity index (χ1v) is 13.8. The van der Waals surface area contributed by atoms with Crippen molar-refractivity contribution in [3.8, 4) is 6.07 Å². The van der Waals surface area contributed by atoms with Crippen LogP contribution in [0.3, 0.4) is 0 Å². The van der Waals surface area contributed by atoms with Gasteiger partial charge in [0.05, 0.1) is 30.6 Å². The van der Waals surface area contributed by atoms with E-state index in [9.17, 15) is 5.26 Å². The van der Waals surface area contributed by atoms with Gasteiger partial charge < -0.3 is 4.74 Å². The maximum atomic E-state index is 9.66. The lowest BCUT2D eigenvalue weighted by molar-refractivity contribution is -0.0206. The van der Waals surface area contributed by atoms with Crippen molar-refractivity contribution in [1.82, 2.24) is 4.90 Å². The van der Waals surface area contributed by atoms with Crippen LogP contribution < -0.4 is 0 Å². The van der Waals surface area contributed by atoms with Gasteiger partial charge in [-0.2, -0.15) is 5.26 Å². The molecule has 5 heteroatoms. The average molecular weight is 586 g/mol. The van der Waals surface area contributed by atoms with E-state index in [1.807, 2.05) is 83.8 Å². The lowest BCUT2D eigenvalue weighted by atomic mass is 9.80. The summed E-state index contributed by atoms with van der Waals surface area (Å²) in [4.78, 5) is 2.02. The maximum absolute atomic E-state index is 9.66. The largest absolute Gasteiger partial charge is 0.359 e. The molecular formula is C33H30BrClN2O. The zero-order chi connectivity index (χ0) is 26.8. The number of alkyl halides is 1. The van der Waals surface area contributed by atoms with Gasteiger partial charge in [-0.1, -0.05) is 131 Å². The maximum Gasteiger partial charge on any atom is 0.143 e. The minimum absolute atomic E-state index is 0.197. The third-order valence-corrected chi connectivity index (χ3v) is 7.91. The van der Waals surface area contributed by atoms with E-state index in [1.165, 1.54) is 0 Å². The van der Waals surface area contributed by atoms with Gasteiger partial charge in [0.25, 0.3) is 0 Å². The Morgan fingerprint density at radius 3 is 1.76 bits per heavy atom. The molecule has 0 aromatic heterocycles. The normalized spacial score (nSPS) is 13.0. The van der Waals surface area contributed by atoms with E-state index in [-0.39, 0.29) is 19.2 Å². The van der Waals surface area contributed by atoms with Crippen LogP contribution in [0.25, 0.3) is 0 Å². The van der Waals surface area contributed by atoms with E-state index >= 15 is 0 Å². The number of benzene rings is 4. The molecule has 0 heterocycles. The quantitative estimate of drug-likeness (QED) is 0.0729. The van der Waals surface area contributed by atoms with Crippen molar-refractivity contribution in [2.75, 3.05) is 19.7 Å². The monoisotopic (exact) mass is 584 g/mol. The second-order valence-corrected chi connectivity index (χ2v) is 10.3. The number of halogens is 2. The fourth-order valence-electron chi connectivity index (χ4n) is 4.83. The Morgan fingerprint density at radius 2 is 1.32 bits per heavy atom. The van der Waals surface area contributed by atoms with Crippen LogP contribution in [-0.2, 0) is 10.3 Å². The molecule has 0 amide bonds. The molecule has 4 rings (SSSR count). The molecule has 0 aliphatic carbocycles. The highest BCUT2D eigenvalue weighted by Gasteiger charge is 2.40. The van der Waals surface area contributed by atoms with Crippen molar-refractivity contribution < 1.29 is 4.74 Å². The summed E-state index contributed by atoms with van der Waals surface area (Å²) in [5, 5.41) is 9.22. The SMILES string of the molecule is C=CCN(CC#N)[C@H](COC(c1ccccc1)(c1ccccc1)c1ccccc1)[C@H](Cl)c1ccccc1Br. The van der Waals surface area contributed by atoms with E-state index in [1.54, 1.807) is 6.08 Å². The molecule has 0 aliphatic rings. The Labute approximate surface area is 239 Å². The van der Waals surface area contributed by atoms with Crippen LogP contribution in [0.5, 0.6) is 0 Å². The number of nitriles is 1. The predicted octanol–water partition coefficient (Wildman–Crippen LogP) is 8.12. The summed E-state index contributed by atoms with van der Waals surface area (Å²) >= 11 is 10.9. The van der Waals surface area contributed by atoms with Crippen molar-refractivity contribution in [3.05, 3.63) is 155 Å². The van der Waals surface area contributed by atoms with Crippen LogP contribution in [0.4, 0.5) is 0 Å². The van der Waals surface area contributed by atoms with Crippen LogP contribution in [0.2, 0.25) is 0 Å². The first kappa shape index (κ1) is 27.8. The molecule has 3 nitrogen and oxygen atoms in total. The Balaban J connectivity index is 1.85. The van der Waals surface area contributed by atoms with E-state index in [4.69, 9.17) is 16.3 Å². The number of nitrogens with zero attached hydrogens (tertiary/aromatic N) is 2. The van der Waals surface area contributed by atoms with Gasteiger partial charge in [0.15, 0.2) is 0 Å². The number of ether oxygens (including phenoxy) is 1. The third kappa shape index (κ3) is 6.09. The first-order chi connectivity index (χ1) is 18.6. The average Bonchev–Trinajstić information content (AvgIpc) is 2.97. The molecule has 0 radical (unpaired) electrons. The topological polar surface area (TPSA) is 36.3 Å². The van der Waals surface area contributed by atoms with Crippen LogP contribution in [0.15, 0.2) is 132 Å². The van der Waals surface area contributed by atoms with Crippen LogP contribution >= 0.6 is 27.5 Å². The Kier molecular flexibility index (Phi) is 9.92. The highest BCUT2D eigenvalue weighted by Crippen LogP contribution is 2.42. The summed E-state index contributed by atoms with van der Waals surface area (Å²) < 4.78 is 8.04. The summed E-state index contributed by atoms with van der Waals surface area (Å²) in [6, 6.07) is 40.7. The van der Waals surface area contributed by atoms with Gasteiger partial charge in [0.1, 0.15) is 5.60 Å². The molecule has 0 fully saturated rings. The molecule has 4 aromatic carbocycles. The Hall–Kier alpha value is -3.20. The molecule has 0 aliphatic heterocycles. The second kappa shape index (κ2) is 13.6. The van der Waals surface area contributed by atoms with E-state index in [0.717, 1.165) is 26.7 Å². The van der Waals surface area contributed by atoms with Crippen molar-refractivity contribution in [2.24, 2.45) is 0 Å². The molecule has 192 valence electrons. The number of rotatable bonds is 12. The standard InChI is InChI=1S/C33H30BrClN2O/c1-2-23-37(24-22-36)31(32(35)29-20-12-13-21-30(29)34)25-38-33(26-14-6-3-7-15-26,27-16-8-4-9-17-27)28-18-10-5-11-19-28/h2-21,31-32H,1,23-25H2/t31-,32-/m1/s1. The van der Waals surface area contributed by atoms with Gasteiger partial charge in [-0.15, -0.1) is 18.2 Å². The highest BCUT2D eigenvalue weighted by atomic mass is 79.9. The third-order valence-electron chi connectivity index (χ3n) is 6.66. The number of hydrogen-bond donors (Lipinski definition) is 0. The van der Waals surface area contributed by atoms with Gasteiger partial charge in [0, 0.05) is 11.0 Å². The Bertz CT molecular complexity index is 1250. The molecule has 2 atom stereocenters. The minimum Gasteiger partial charge on any atom is -0.359 e. The summed E-state index contributed by atoms with van der Waals surface area (Å²) in [6.45, 7) is 4.89. The van der Waals surface area contributed by atoms with Crippen LogP contribution in [0, 0.1) is 11.3 Å². The smallest absolute Gasteiger partial charge is 0.143 e. The van der Waals surface area contributed by atoms with Crippen molar-refractivity contribution >= 4 is 27.5 Å². The van der Waals surface area contributed by atoms with Crippen molar-refractivity contribution in [1.29, 1.82) is 5.26 Å². The first-order valence-electron chi connectivity index (χ1n) is 12.5. The summed E-state index contributed by atoms with van der Waals surface area (Å²) in [6.07, 6.45) is 1.80. The molecule has 0 saturated heterocycles. The molecule has 4 aromatic rings. The van der Waals surface area contributed by atoms with Gasteiger partial charge in [-0.25, -0.2) is 0 Å². The number of hydrogen-bond acceptors (Lipinski definition) is 3. The molecule has 38 heavy (non-hydrogen) atoms. The van der Waals surface area contributed by atoms with Crippen molar-refractivity contribution in [2.45, 2.75) is 17.0 Å². The zero-order valence-corrected chi connectivity index (χ0v) is 23.4. The fourth-order valence-corrected chi connectivity index (χ4v) is 5.92. The van der Waals surface area contributed by atoms with E-state index < -0.39 is 11.0 Å². The molecule has 0 N–H and O–H groups in total. The lowest BCUT2D eigenvalue weighted by Crippen LogP contribution is -2.45. The van der Waals surface area contributed by atoms with Crippen LogP contribution in [-0.4, -0.2) is 30.6 Å². The molecular weight excluding hydrogens is 556 g/mol. The highest BCUT2D eigenvalue weighted by molar-refractivity contribution is 9.10. The lowest BCUT2D eigenvalue weighted by Gasteiger charge is -2.40. The molecule has 0 spiro atoms. The molecule has 0 unspecified atom stereocenters. The molecule has 0 bridgehead atoms. The Morgan fingerprint density at radius 1 is 0.842 bits per heavy atom. The summed E-state index contributed by atoms with van der Waals surface area (Å²) in [7, 11) is 0. The second-order valence-electron chi connectivity index (χ2n) is 8.96. The molecule has 0 saturated carbocycles. The van der Waals surface area contributed by atoms with Crippen molar-refractivity contribution in [3.63, 3.8) is 0 Å². The zero-order valence-electron chi connectivity index (χ0n) is 21.1. The minimum atomic E-state index is -0.890. The van der Waals surface area contributed by atoms with Gasteiger partial charge in [-0.05, 0) is 28.3 Å². The van der Waals surface area contributed by atoms with Crippen LogP contribution in [0.1, 0.15) is 27.6 Å². The van der Waals surface area contributed by atoms with E-state index in [2.05, 4.69) is 65.0 Å². The summed E-state index contributed by atoms with van der Waals surface area (Å²) in [5.74, 6) is 0. The fraction of sp³-hybridized carbons (Fsp3) is 0.182. The predicted molar refractivity (Wildman–Crippen MR) is 159 cm³/mol.